The van der Waals surface area contributed by atoms with Crippen molar-refractivity contribution in [3.05, 3.63) is 0 Å². The van der Waals surface area contributed by atoms with Gasteiger partial charge in [-0.2, -0.15) is 4.21 Å². The Morgan fingerprint density at radius 3 is 1.75 bits per heavy atom. The van der Waals surface area contributed by atoms with E-state index in [0.29, 0.717) is 0 Å². The van der Waals surface area contributed by atoms with Gasteiger partial charge in [-0.15, -0.1) is 23.2 Å². The minimum absolute atomic E-state index is 0.289. The summed E-state index contributed by atoms with van der Waals surface area (Å²) in [6, 6.07) is 0. The molecule has 2 atom stereocenters. The summed E-state index contributed by atoms with van der Waals surface area (Å²) in [5, 5.41) is 4.54. The van der Waals surface area contributed by atoms with E-state index in [4.69, 9.17) is 31.6 Å². The molecule has 0 radical (unpaired) electrons. The van der Waals surface area contributed by atoms with Crippen LogP contribution in [0.1, 0.15) is 0 Å². The Morgan fingerprint density at radius 1 is 1.06 bits per heavy atom. The van der Waals surface area contributed by atoms with Crippen LogP contribution >= 0.6 is 23.2 Å². The van der Waals surface area contributed by atoms with Gasteiger partial charge >= 0.3 is 11.4 Å². The second-order valence-electron chi connectivity index (χ2n) is 2.64. The summed E-state index contributed by atoms with van der Waals surface area (Å²) in [5.41, 5.74) is 0. The van der Waals surface area contributed by atoms with Crippen LogP contribution in [-0.2, 0) is 29.3 Å². The molecule has 0 saturated carbocycles. The molecule has 1 fully saturated rings. The number of amides is 2. The third-order valence-electron chi connectivity index (χ3n) is 1.49. The highest BCUT2D eigenvalue weighted by atomic mass is 35.5. The lowest BCUT2D eigenvalue weighted by Crippen LogP contribution is -2.50. The third-order valence-corrected chi connectivity index (χ3v) is 2.70. The van der Waals surface area contributed by atoms with Gasteiger partial charge in [0, 0.05) is 0 Å². The molecule has 0 aromatic heterocycles. The highest BCUT2D eigenvalue weighted by Gasteiger charge is 2.37. The maximum Gasteiger partial charge on any atom is 0.309 e. The molecule has 2 amide bonds. The molecule has 10 heteroatoms. The predicted molar refractivity (Wildman–Crippen MR) is 55.6 cm³/mol. The highest BCUT2D eigenvalue weighted by molar-refractivity contribution is 7.75. The van der Waals surface area contributed by atoms with E-state index < -0.39 is 35.6 Å². The molecule has 0 aromatic rings. The van der Waals surface area contributed by atoms with E-state index in [1.54, 1.807) is 0 Å². The van der Waals surface area contributed by atoms with Crippen LogP contribution < -0.4 is 10.6 Å². The Balaban J connectivity index is 2.55. The van der Waals surface area contributed by atoms with E-state index in [1.165, 1.54) is 0 Å². The van der Waals surface area contributed by atoms with Crippen LogP contribution in [0.2, 0.25) is 0 Å². The number of carbonyl (C=O) groups is 2. The quantitative estimate of drug-likeness (QED) is 0.646. The lowest BCUT2D eigenvalue weighted by atomic mass is 10.4. The van der Waals surface area contributed by atoms with E-state index in [0.717, 1.165) is 0 Å². The molecule has 0 aromatic carbocycles. The molecule has 92 valence electrons. The number of carbonyl (C=O) groups excluding carboxylic acids is 2. The lowest BCUT2D eigenvalue weighted by molar-refractivity contribution is -0.125. The normalized spacial score (nSPS) is 28.8. The van der Waals surface area contributed by atoms with Crippen molar-refractivity contribution in [3.8, 4) is 0 Å². The van der Waals surface area contributed by atoms with Gasteiger partial charge in [0.1, 0.15) is 11.8 Å². The molecule has 7 nitrogen and oxygen atoms in total. The average molecular weight is 291 g/mol. The van der Waals surface area contributed by atoms with E-state index in [-0.39, 0.29) is 11.8 Å². The van der Waals surface area contributed by atoms with Crippen molar-refractivity contribution in [3.63, 3.8) is 0 Å². The maximum atomic E-state index is 11.0. The molecular weight excluding hydrogens is 283 g/mol. The monoisotopic (exact) mass is 290 g/mol. The minimum atomic E-state index is -2.04. The van der Waals surface area contributed by atoms with Crippen LogP contribution in [0.25, 0.3) is 0 Å². The Morgan fingerprint density at radius 2 is 1.44 bits per heavy atom. The zero-order chi connectivity index (χ0) is 12.1. The molecule has 1 heterocycles. The largest absolute Gasteiger partial charge is 0.325 e. The molecule has 1 aliphatic rings. The van der Waals surface area contributed by atoms with Crippen LogP contribution in [-0.4, -0.2) is 40.2 Å². The van der Waals surface area contributed by atoms with Crippen LogP contribution in [0.3, 0.4) is 0 Å². The molecule has 2 N–H and O–H groups in total. The first kappa shape index (κ1) is 13.7. The van der Waals surface area contributed by atoms with Crippen molar-refractivity contribution in [2.45, 2.75) is 12.5 Å². The molecule has 16 heavy (non-hydrogen) atoms. The third kappa shape index (κ3) is 3.87. The SMILES string of the molecule is O=C(CCl)NC1OS(=O)OC1NC(=O)CCl. The Labute approximate surface area is 104 Å². The van der Waals surface area contributed by atoms with E-state index in [1.807, 2.05) is 0 Å². The van der Waals surface area contributed by atoms with Gasteiger partial charge in [0.15, 0.2) is 12.5 Å². The van der Waals surface area contributed by atoms with Gasteiger partial charge in [0.2, 0.25) is 11.8 Å². The number of nitrogens with one attached hydrogen (secondary N) is 2. The van der Waals surface area contributed by atoms with Crippen LogP contribution in [0, 0.1) is 0 Å². The molecule has 2 unspecified atom stereocenters. The molecular formula is C6H8Cl2N2O5S. The number of halogens is 2. The molecule has 0 spiro atoms. The Bertz CT molecular complexity index is 287. The Hall–Kier alpha value is -0.410. The summed E-state index contributed by atoms with van der Waals surface area (Å²) >= 11 is 8.47. The summed E-state index contributed by atoms with van der Waals surface area (Å²) in [6.45, 7) is 0. The molecule has 1 rings (SSSR count). The molecule has 1 aliphatic heterocycles. The molecule has 1 saturated heterocycles. The van der Waals surface area contributed by atoms with Gasteiger partial charge in [-0.25, -0.2) is 8.37 Å². The number of hydrogen-bond donors (Lipinski definition) is 2. The van der Waals surface area contributed by atoms with Crippen molar-refractivity contribution < 1.29 is 22.2 Å². The summed E-state index contributed by atoms with van der Waals surface area (Å²) < 4.78 is 20.3. The fourth-order valence-corrected chi connectivity index (χ4v) is 1.72. The lowest BCUT2D eigenvalue weighted by Gasteiger charge is -2.16. The zero-order valence-corrected chi connectivity index (χ0v) is 10.1. The number of alkyl halides is 2. The number of rotatable bonds is 4. The minimum Gasteiger partial charge on any atom is -0.325 e. The smallest absolute Gasteiger partial charge is 0.309 e. The van der Waals surface area contributed by atoms with Crippen LogP contribution in [0.4, 0.5) is 0 Å². The van der Waals surface area contributed by atoms with Gasteiger partial charge < -0.3 is 10.6 Å². The first-order valence-corrected chi connectivity index (χ1v) is 6.10. The van der Waals surface area contributed by atoms with Gasteiger partial charge in [0.05, 0.1) is 0 Å². The van der Waals surface area contributed by atoms with E-state index >= 15 is 0 Å². The highest BCUT2D eigenvalue weighted by Crippen LogP contribution is 2.13. The first-order valence-electron chi connectivity index (χ1n) is 4.03. The van der Waals surface area contributed by atoms with Crippen molar-refractivity contribution >= 4 is 46.4 Å². The van der Waals surface area contributed by atoms with Crippen molar-refractivity contribution in [1.82, 2.24) is 10.6 Å². The van der Waals surface area contributed by atoms with Gasteiger partial charge in [-0.1, -0.05) is 0 Å². The van der Waals surface area contributed by atoms with E-state index in [9.17, 15) is 13.8 Å². The van der Waals surface area contributed by atoms with Crippen molar-refractivity contribution in [2.75, 3.05) is 11.8 Å². The summed E-state index contributed by atoms with van der Waals surface area (Å²) in [6.07, 6.45) is -2.11. The van der Waals surface area contributed by atoms with Gasteiger partial charge in [0.25, 0.3) is 0 Å². The maximum absolute atomic E-state index is 11.0. The molecule has 0 aliphatic carbocycles. The average Bonchev–Trinajstić information content (AvgIpc) is 2.58. The van der Waals surface area contributed by atoms with E-state index in [2.05, 4.69) is 10.6 Å². The second kappa shape index (κ2) is 6.36. The summed E-state index contributed by atoms with van der Waals surface area (Å²) in [7, 11) is 0. The van der Waals surface area contributed by atoms with Crippen molar-refractivity contribution in [2.24, 2.45) is 0 Å². The number of hydrogen-bond acceptors (Lipinski definition) is 5. The predicted octanol–water partition coefficient (Wildman–Crippen LogP) is -1.03. The van der Waals surface area contributed by atoms with Crippen LogP contribution in [0.15, 0.2) is 0 Å². The zero-order valence-electron chi connectivity index (χ0n) is 7.77. The molecule has 0 bridgehead atoms. The summed E-state index contributed by atoms with van der Waals surface area (Å²) in [4.78, 5) is 21.9. The summed E-state index contributed by atoms with van der Waals surface area (Å²) in [5.74, 6) is -1.66. The standard InChI is InChI=1S/C6H8Cl2N2O5S/c7-1-3(11)9-5-6(10-4(12)2-8)15-16(13)14-5/h5-6H,1-2H2,(H,9,11)(H,10,12). The fraction of sp³-hybridized carbons (Fsp3) is 0.667. The fourth-order valence-electron chi connectivity index (χ4n) is 0.887. The Kier molecular flexibility index (Phi) is 5.42. The topological polar surface area (TPSA) is 93.7 Å². The first-order chi connectivity index (χ1) is 7.56. The van der Waals surface area contributed by atoms with Gasteiger partial charge in [-0.3, -0.25) is 9.59 Å². The van der Waals surface area contributed by atoms with Crippen molar-refractivity contribution in [1.29, 1.82) is 0 Å². The second-order valence-corrected chi connectivity index (χ2v) is 3.97. The van der Waals surface area contributed by atoms with Crippen LogP contribution in [0.5, 0.6) is 0 Å². The van der Waals surface area contributed by atoms with Gasteiger partial charge in [-0.05, 0) is 0 Å².